The van der Waals surface area contributed by atoms with Crippen molar-refractivity contribution in [2.45, 2.75) is 25.6 Å². The van der Waals surface area contributed by atoms with Crippen molar-refractivity contribution in [3.63, 3.8) is 0 Å². The van der Waals surface area contributed by atoms with Gasteiger partial charge in [0.1, 0.15) is 17.8 Å². The summed E-state index contributed by atoms with van der Waals surface area (Å²) in [6.45, 7) is 0.973. The summed E-state index contributed by atoms with van der Waals surface area (Å²) >= 11 is 0. The molecule has 3 aromatic carbocycles. The van der Waals surface area contributed by atoms with Crippen LogP contribution < -0.4 is 9.47 Å². The zero-order valence-electron chi connectivity index (χ0n) is 18.4. The molecule has 0 fully saturated rings. The van der Waals surface area contributed by atoms with E-state index in [1.165, 1.54) is 12.1 Å². The lowest BCUT2D eigenvalue weighted by atomic mass is 10.0. The molecule has 1 unspecified atom stereocenters. The fraction of sp³-hybridized carbons (Fsp3) is 0.231. The number of halogens is 3. The molecule has 34 heavy (non-hydrogen) atoms. The first-order valence-electron chi connectivity index (χ1n) is 10.6. The molecule has 0 saturated carbocycles. The molecule has 0 saturated heterocycles. The molecule has 0 radical (unpaired) electrons. The van der Waals surface area contributed by atoms with Gasteiger partial charge in [-0.1, -0.05) is 36.4 Å². The highest BCUT2D eigenvalue weighted by molar-refractivity contribution is 5.91. The van der Waals surface area contributed by atoms with Gasteiger partial charge in [0.05, 0.1) is 11.7 Å². The van der Waals surface area contributed by atoms with Crippen molar-refractivity contribution in [2.75, 3.05) is 13.2 Å². The van der Waals surface area contributed by atoms with E-state index >= 15 is 0 Å². The molecule has 3 rings (SSSR count). The van der Waals surface area contributed by atoms with Gasteiger partial charge in [0.15, 0.2) is 6.61 Å². The minimum Gasteiger partial charge on any atom is -0.484 e. The van der Waals surface area contributed by atoms with Crippen LogP contribution in [-0.4, -0.2) is 31.6 Å². The number of hydrogen-bond donors (Lipinski definition) is 0. The zero-order chi connectivity index (χ0) is 24.6. The van der Waals surface area contributed by atoms with Crippen molar-refractivity contribution >= 4 is 12.3 Å². The van der Waals surface area contributed by atoms with E-state index < -0.39 is 18.8 Å². The first-order chi connectivity index (χ1) is 16.3. The van der Waals surface area contributed by atoms with Crippen LogP contribution in [0.1, 0.15) is 35.4 Å². The molecule has 1 atom stereocenters. The number of benzene rings is 3. The Morgan fingerprint density at radius 3 is 1.97 bits per heavy atom. The highest BCUT2D eigenvalue weighted by Crippen LogP contribution is 2.26. The Bertz CT molecular complexity index is 1080. The Kier molecular flexibility index (Phi) is 8.43. The monoisotopic (exact) mass is 472 g/mol. The van der Waals surface area contributed by atoms with E-state index in [4.69, 9.17) is 14.2 Å². The number of ether oxygens (including phenoxy) is 3. The standard InChI is InChI=1S/C26H23F3O5/c1-2-32-24(15-16-30)20-9-13-23(14-10-20)34-25(31)21-5-3-18(4-6-21)19-7-11-22(12-8-19)33-17-26(27,28)29/h3-14,16,24H,2,15,17H2,1H3. The van der Waals surface area contributed by atoms with Gasteiger partial charge in [-0.05, 0) is 60.0 Å². The fourth-order valence-electron chi connectivity index (χ4n) is 3.21. The summed E-state index contributed by atoms with van der Waals surface area (Å²) in [6, 6.07) is 19.6. The van der Waals surface area contributed by atoms with Gasteiger partial charge < -0.3 is 19.0 Å². The maximum absolute atomic E-state index is 12.5. The number of aldehydes is 1. The quantitative estimate of drug-likeness (QED) is 0.200. The average molecular weight is 472 g/mol. The van der Waals surface area contributed by atoms with Crippen molar-refractivity contribution in [2.24, 2.45) is 0 Å². The molecule has 3 aromatic rings. The second-order valence-corrected chi connectivity index (χ2v) is 7.31. The van der Waals surface area contributed by atoms with Crippen LogP contribution in [0, 0.1) is 0 Å². The number of carbonyl (C=O) groups excluding carboxylic acids is 2. The highest BCUT2D eigenvalue weighted by atomic mass is 19.4. The number of esters is 1. The van der Waals surface area contributed by atoms with Gasteiger partial charge in [0.2, 0.25) is 0 Å². The Morgan fingerprint density at radius 2 is 1.44 bits per heavy atom. The minimum atomic E-state index is -4.40. The molecule has 0 bridgehead atoms. The van der Waals surface area contributed by atoms with Gasteiger partial charge in [-0.3, -0.25) is 0 Å². The number of carbonyl (C=O) groups is 2. The largest absolute Gasteiger partial charge is 0.484 e. The second-order valence-electron chi connectivity index (χ2n) is 7.31. The second kappa shape index (κ2) is 11.5. The van der Waals surface area contributed by atoms with Crippen LogP contribution >= 0.6 is 0 Å². The molecular weight excluding hydrogens is 449 g/mol. The Hall–Kier alpha value is -3.65. The van der Waals surface area contributed by atoms with Crippen LogP contribution in [0.2, 0.25) is 0 Å². The summed E-state index contributed by atoms with van der Waals surface area (Å²) in [7, 11) is 0. The number of alkyl halides is 3. The Labute approximate surface area is 195 Å². The minimum absolute atomic E-state index is 0.117. The average Bonchev–Trinajstić information content (AvgIpc) is 2.83. The third-order valence-electron chi connectivity index (χ3n) is 4.85. The van der Waals surface area contributed by atoms with Crippen molar-refractivity contribution in [3.8, 4) is 22.6 Å². The van der Waals surface area contributed by atoms with E-state index in [-0.39, 0.29) is 18.3 Å². The van der Waals surface area contributed by atoms with E-state index in [1.54, 1.807) is 60.7 Å². The molecule has 0 N–H and O–H groups in total. The molecular formula is C26H23F3O5. The Morgan fingerprint density at radius 1 is 0.882 bits per heavy atom. The van der Waals surface area contributed by atoms with Crippen molar-refractivity contribution in [1.29, 1.82) is 0 Å². The van der Waals surface area contributed by atoms with E-state index in [0.29, 0.717) is 17.9 Å². The van der Waals surface area contributed by atoms with Gasteiger partial charge in [-0.25, -0.2) is 4.79 Å². The van der Waals surface area contributed by atoms with Crippen molar-refractivity contribution in [3.05, 3.63) is 83.9 Å². The van der Waals surface area contributed by atoms with Crippen molar-refractivity contribution in [1.82, 2.24) is 0 Å². The summed E-state index contributed by atoms with van der Waals surface area (Å²) in [5, 5.41) is 0. The smallest absolute Gasteiger partial charge is 0.422 e. The SMILES string of the molecule is CCOC(CC=O)c1ccc(OC(=O)c2ccc(-c3ccc(OCC(F)(F)F)cc3)cc2)cc1. The lowest BCUT2D eigenvalue weighted by Gasteiger charge is -2.15. The Balaban J connectivity index is 1.61. The molecule has 178 valence electrons. The fourth-order valence-corrected chi connectivity index (χ4v) is 3.21. The molecule has 0 spiro atoms. The first kappa shape index (κ1) is 25.0. The normalized spacial score (nSPS) is 12.1. The highest BCUT2D eigenvalue weighted by Gasteiger charge is 2.28. The molecule has 5 nitrogen and oxygen atoms in total. The molecule has 8 heteroatoms. The molecule has 0 amide bonds. The summed E-state index contributed by atoms with van der Waals surface area (Å²) in [5.41, 5.74) is 2.69. The lowest BCUT2D eigenvalue weighted by molar-refractivity contribution is -0.153. The van der Waals surface area contributed by atoms with Crippen LogP contribution in [-0.2, 0) is 9.53 Å². The van der Waals surface area contributed by atoms with E-state index in [1.807, 2.05) is 6.92 Å². The summed E-state index contributed by atoms with van der Waals surface area (Å²) in [6.07, 6.45) is -3.70. The third kappa shape index (κ3) is 7.18. The molecule has 0 aromatic heterocycles. The van der Waals surface area contributed by atoms with Gasteiger partial charge in [-0.2, -0.15) is 13.2 Å². The topological polar surface area (TPSA) is 61.8 Å². The maximum Gasteiger partial charge on any atom is 0.422 e. The van der Waals surface area contributed by atoms with Crippen molar-refractivity contribution < 1.29 is 37.0 Å². The van der Waals surface area contributed by atoms with E-state index in [0.717, 1.165) is 23.0 Å². The van der Waals surface area contributed by atoms with E-state index in [9.17, 15) is 22.8 Å². The third-order valence-corrected chi connectivity index (χ3v) is 4.85. The van der Waals surface area contributed by atoms with Crippen LogP contribution in [0.25, 0.3) is 11.1 Å². The van der Waals surface area contributed by atoms with Crippen LogP contribution in [0.3, 0.4) is 0 Å². The lowest BCUT2D eigenvalue weighted by Crippen LogP contribution is -2.19. The van der Waals surface area contributed by atoms with E-state index in [2.05, 4.69) is 0 Å². The van der Waals surface area contributed by atoms with Crippen LogP contribution in [0.15, 0.2) is 72.8 Å². The molecule has 0 aliphatic carbocycles. The van der Waals surface area contributed by atoms with Crippen LogP contribution in [0.5, 0.6) is 11.5 Å². The van der Waals surface area contributed by atoms with Gasteiger partial charge >= 0.3 is 12.1 Å². The summed E-state index contributed by atoms with van der Waals surface area (Å²) in [5.74, 6) is -0.0656. The number of rotatable bonds is 10. The molecule has 0 aliphatic heterocycles. The zero-order valence-corrected chi connectivity index (χ0v) is 18.4. The van der Waals surface area contributed by atoms with Crippen LogP contribution in [0.4, 0.5) is 13.2 Å². The summed E-state index contributed by atoms with van der Waals surface area (Å²) < 4.78 is 52.4. The summed E-state index contributed by atoms with van der Waals surface area (Å²) in [4.78, 5) is 23.3. The molecule has 0 aliphatic rings. The van der Waals surface area contributed by atoms with Gasteiger partial charge in [0, 0.05) is 13.0 Å². The predicted molar refractivity (Wildman–Crippen MR) is 120 cm³/mol. The van der Waals surface area contributed by atoms with Gasteiger partial charge in [-0.15, -0.1) is 0 Å². The van der Waals surface area contributed by atoms with Gasteiger partial charge in [0.25, 0.3) is 0 Å². The first-order valence-corrected chi connectivity index (χ1v) is 10.6. The maximum atomic E-state index is 12.5. The number of hydrogen-bond acceptors (Lipinski definition) is 5. The molecule has 0 heterocycles. The predicted octanol–water partition coefficient (Wildman–Crippen LogP) is 6.18.